The van der Waals surface area contributed by atoms with Crippen molar-refractivity contribution in [1.82, 2.24) is 25.2 Å². The summed E-state index contributed by atoms with van der Waals surface area (Å²) in [6, 6.07) is 3.46. The van der Waals surface area contributed by atoms with E-state index in [1.54, 1.807) is 29.2 Å². The Balaban J connectivity index is 1.48. The van der Waals surface area contributed by atoms with Crippen molar-refractivity contribution in [3.05, 3.63) is 55.5 Å². The minimum atomic E-state index is -0.422. The van der Waals surface area contributed by atoms with Crippen molar-refractivity contribution in [2.24, 2.45) is 0 Å². The number of nitrogens with zero attached hydrogens (tertiary/aromatic N) is 4. The molecule has 2 aromatic rings. The second-order valence-corrected chi connectivity index (χ2v) is 7.09. The maximum Gasteiger partial charge on any atom is 0.326 e. The van der Waals surface area contributed by atoms with Gasteiger partial charge in [-0.1, -0.05) is 25.3 Å². The van der Waals surface area contributed by atoms with Gasteiger partial charge >= 0.3 is 18.0 Å². The fourth-order valence-electron chi connectivity index (χ4n) is 2.87. The number of aromatic nitrogens is 3. The van der Waals surface area contributed by atoms with Crippen LogP contribution in [0.25, 0.3) is 6.08 Å². The highest BCUT2D eigenvalue weighted by Crippen LogP contribution is 2.16. The molecule has 3 rings (SSSR count). The lowest BCUT2D eigenvalue weighted by molar-refractivity contribution is -0.140. The molecule has 1 fully saturated rings. The number of amides is 2. The first-order valence-corrected chi connectivity index (χ1v) is 10.8. The van der Waals surface area contributed by atoms with E-state index in [0.717, 1.165) is 0 Å². The van der Waals surface area contributed by atoms with E-state index in [1.807, 2.05) is 0 Å². The van der Waals surface area contributed by atoms with E-state index in [-0.39, 0.29) is 56.8 Å². The van der Waals surface area contributed by atoms with Gasteiger partial charge in [-0.25, -0.2) is 0 Å². The van der Waals surface area contributed by atoms with Crippen LogP contribution >= 0.6 is 0 Å². The average Bonchev–Trinajstić information content (AvgIpc) is 3.41. The van der Waals surface area contributed by atoms with E-state index in [4.69, 9.17) is 23.4 Å². The second-order valence-electron chi connectivity index (χ2n) is 7.09. The van der Waals surface area contributed by atoms with Crippen molar-refractivity contribution in [3.63, 3.8) is 0 Å². The largest absolute Gasteiger partial charge is 0.465 e. The van der Waals surface area contributed by atoms with Crippen molar-refractivity contribution in [2.75, 3.05) is 46.1 Å². The van der Waals surface area contributed by atoms with Gasteiger partial charge in [0.1, 0.15) is 31.7 Å². The topological polar surface area (TPSA) is 138 Å². The molecule has 12 nitrogen and oxygen atoms in total. The van der Waals surface area contributed by atoms with Crippen LogP contribution in [0.5, 0.6) is 18.0 Å². The van der Waals surface area contributed by atoms with Crippen molar-refractivity contribution in [1.29, 1.82) is 0 Å². The maximum atomic E-state index is 12.5. The molecular formula is C23H27N5O7. The Morgan fingerprint density at radius 1 is 1.11 bits per heavy atom. The van der Waals surface area contributed by atoms with Gasteiger partial charge in [0.25, 0.3) is 0 Å². The van der Waals surface area contributed by atoms with Gasteiger partial charge in [-0.2, -0.15) is 0 Å². The summed E-state index contributed by atoms with van der Waals surface area (Å²) in [6.45, 7) is 8.49. The highest BCUT2D eigenvalue weighted by Gasteiger charge is 2.25. The Morgan fingerprint density at radius 3 is 2.43 bits per heavy atom. The summed E-state index contributed by atoms with van der Waals surface area (Å²) in [6.07, 6.45) is 7.00. The van der Waals surface area contributed by atoms with Gasteiger partial charge in [-0.05, 0) is 18.2 Å². The van der Waals surface area contributed by atoms with Gasteiger partial charge in [-0.3, -0.25) is 9.59 Å². The third-order valence-electron chi connectivity index (χ3n) is 4.48. The Morgan fingerprint density at radius 2 is 1.80 bits per heavy atom. The van der Waals surface area contributed by atoms with Crippen molar-refractivity contribution < 1.29 is 33.0 Å². The van der Waals surface area contributed by atoms with Crippen LogP contribution in [0.1, 0.15) is 5.76 Å². The van der Waals surface area contributed by atoms with Crippen molar-refractivity contribution in [2.45, 2.75) is 6.10 Å². The normalized spacial score (nSPS) is 15.4. The molecule has 1 N–H and O–H groups in total. The number of morpholine rings is 1. The summed E-state index contributed by atoms with van der Waals surface area (Å²) in [5.74, 6) is -0.0976. The molecule has 0 spiro atoms. The van der Waals surface area contributed by atoms with Gasteiger partial charge in [0.2, 0.25) is 11.8 Å². The van der Waals surface area contributed by atoms with Crippen LogP contribution < -0.4 is 19.5 Å². The number of rotatable bonds is 13. The smallest absolute Gasteiger partial charge is 0.326 e. The number of carbonyl (C=O) groups excluding carboxylic acids is 2. The lowest BCUT2D eigenvalue weighted by Gasteiger charge is -2.32. The van der Waals surface area contributed by atoms with Crippen molar-refractivity contribution >= 4 is 17.9 Å². The molecule has 1 saturated heterocycles. The SMILES string of the molecule is C=CCOc1nc(OCC=C)nc(OCC2CN(C(=O)CNC(=O)/C=C\c3ccco3)CCO2)n1. The van der Waals surface area contributed by atoms with Crippen LogP contribution in [-0.2, 0) is 14.3 Å². The maximum absolute atomic E-state index is 12.5. The minimum Gasteiger partial charge on any atom is -0.465 e. The Hall–Kier alpha value is -4.19. The zero-order chi connectivity index (χ0) is 24.9. The Labute approximate surface area is 202 Å². The molecule has 1 unspecified atom stereocenters. The predicted octanol–water partition coefficient (Wildman–Crippen LogP) is 1.03. The molecule has 1 aliphatic heterocycles. The first-order valence-electron chi connectivity index (χ1n) is 10.8. The zero-order valence-electron chi connectivity index (χ0n) is 19.1. The Kier molecular flexibility index (Phi) is 9.81. The van der Waals surface area contributed by atoms with E-state index in [1.165, 1.54) is 18.4 Å². The molecule has 0 bridgehead atoms. The standard InChI is InChI=1S/C23H27N5O7/c1-3-10-33-21-25-22(34-11-4-2)27-23(26-21)35-16-18-15-28(9-13-32-18)20(30)14-24-19(29)8-7-17-6-5-12-31-17/h3-8,12,18H,1-2,9-11,13-16H2,(H,24,29)/b8-7-. The first-order chi connectivity index (χ1) is 17.1. The fourth-order valence-corrected chi connectivity index (χ4v) is 2.87. The van der Waals surface area contributed by atoms with Gasteiger partial charge in [-0.15, -0.1) is 15.0 Å². The molecule has 2 amide bonds. The molecule has 3 heterocycles. The Bertz CT molecular complexity index is 995. The van der Waals surface area contributed by atoms with Crippen LogP contribution in [0.4, 0.5) is 0 Å². The summed E-state index contributed by atoms with van der Waals surface area (Å²) in [5, 5.41) is 2.56. The van der Waals surface area contributed by atoms with E-state index < -0.39 is 12.0 Å². The summed E-state index contributed by atoms with van der Waals surface area (Å²) in [7, 11) is 0. The molecule has 0 aromatic carbocycles. The van der Waals surface area contributed by atoms with E-state index in [2.05, 4.69) is 33.4 Å². The molecule has 2 aromatic heterocycles. The zero-order valence-corrected chi connectivity index (χ0v) is 19.1. The lowest BCUT2D eigenvalue weighted by Crippen LogP contribution is -2.50. The lowest BCUT2D eigenvalue weighted by atomic mass is 10.2. The van der Waals surface area contributed by atoms with Gasteiger partial charge in [0.05, 0.1) is 26.0 Å². The third-order valence-corrected chi connectivity index (χ3v) is 4.48. The van der Waals surface area contributed by atoms with Crippen LogP contribution in [-0.4, -0.2) is 83.8 Å². The average molecular weight is 485 g/mol. The number of furan rings is 1. The molecule has 0 aliphatic carbocycles. The quantitative estimate of drug-likeness (QED) is 0.323. The molecule has 35 heavy (non-hydrogen) atoms. The molecule has 1 atom stereocenters. The first kappa shape index (κ1) is 25.4. The molecule has 186 valence electrons. The van der Waals surface area contributed by atoms with Crippen LogP contribution in [0.3, 0.4) is 0 Å². The number of hydrogen-bond donors (Lipinski definition) is 1. The monoisotopic (exact) mass is 485 g/mol. The highest BCUT2D eigenvalue weighted by molar-refractivity contribution is 5.94. The minimum absolute atomic E-state index is 0.0132. The summed E-state index contributed by atoms with van der Waals surface area (Å²) < 4.78 is 27.2. The van der Waals surface area contributed by atoms with E-state index >= 15 is 0 Å². The molecule has 1 aliphatic rings. The van der Waals surface area contributed by atoms with Crippen molar-refractivity contribution in [3.8, 4) is 18.0 Å². The number of hydrogen-bond acceptors (Lipinski definition) is 10. The van der Waals surface area contributed by atoms with Crippen LogP contribution in [0.2, 0.25) is 0 Å². The number of nitrogens with one attached hydrogen (secondary N) is 1. The van der Waals surface area contributed by atoms with Gasteiger partial charge in [0, 0.05) is 12.6 Å². The summed E-state index contributed by atoms with van der Waals surface area (Å²) in [5.41, 5.74) is 0. The molecule has 0 saturated carbocycles. The highest BCUT2D eigenvalue weighted by atomic mass is 16.6. The molecule has 0 radical (unpaired) electrons. The summed E-state index contributed by atoms with van der Waals surface area (Å²) in [4.78, 5) is 38.3. The fraction of sp³-hybridized carbons (Fsp3) is 0.348. The molecule has 12 heteroatoms. The van der Waals surface area contributed by atoms with E-state index in [0.29, 0.717) is 18.9 Å². The van der Waals surface area contributed by atoms with Gasteiger partial charge < -0.3 is 33.6 Å². The van der Waals surface area contributed by atoms with E-state index in [9.17, 15) is 9.59 Å². The number of ether oxygens (including phenoxy) is 4. The number of carbonyl (C=O) groups is 2. The van der Waals surface area contributed by atoms with Crippen LogP contribution in [0, 0.1) is 0 Å². The predicted molar refractivity (Wildman–Crippen MR) is 124 cm³/mol. The van der Waals surface area contributed by atoms with Gasteiger partial charge in [0.15, 0.2) is 0 Å². The molecular weight excluding hydrogens is 458 g/mol. The van der Waals surface area contributed by atoms with Crippen LogP contribution in [0.15, 0.2) is 54.2 Å². The summed E-state index contributed by atoms with van der Waals surface area (Å²) >= 11 is 0. The third kappa shape index (κ3) is 8.59. The second kappa shape index (κ2) is 13.5.